The maximum Gasteiger partial charge on any atom is 0.191 e. The van der Waals surface area contributed by atoms with Gasteiger partial charge in [0.1, 0.15) is 28.3 Å². The SMILES string of the molecule is CN([C@H]1CCC2=Cc3c(cnn3-c3ccc(F)cc3)C[C@]2(C(=O)c2ccc(C3CC3)cn2)C1)S(=O)c1ccc(F)cc1. The first-order valence-electron chi connectivity index (χ1n) is 14.3. The summed E-state index contributed by atoms with van der Waals surface area (Å²) in [5.74, 6) is -0.195. The molecule has 2 heterocycles. The van der Waals surface area contributed by atoms with Crippen molar-refractivity contribution in [1.82, 2.24) is 19.1 Å². The molecule has 0 bridgehead atoms. The quantitative estimate of drug-likeness (QED) is 0.235. The molecular weight excluding hydrogens is 554 g/mol. The van der Waals surface area contributed by atoms with Crippen LogP contribution < -0.4 is 0 Å². The first-order valence-corrected chi connectivity index (χ1v) is 15.4. The van der Waals surface area contributed by atoms with E-state index >= 15 is 0 Å². The fourth-order valence-electron chi connectivity index (χ4n) is 6.48. The highest BCUT2D eigenvalue weighted by atomic mass is 32.2. The van der Waals surface area contributed by atoms with Gasteiger partial charge < -0.3 is 0 Å². The summed E-state index contributed by atoms with van der Waals surface area (Å²) in [6, 6.07) is 15.6. The van der Waals surface area contributed by atoms with Crippen molar-refractivity contribution in [1.29, 1.82) is 0 Å². The van der Waals surface area contributed by atoms with E-state index in [0.29, 0.717) is 42.2 Å². The minimum Gasteiger partial charge on any atom is -0.291 e. The van der Waals surface area contributed by atoms with Crippen LogP contribution in [0.25, 0.3) is 11.8 Å². The van der Waals surface area contributed by atoms with Gasteiger partial charge >= 0.3 is 0 Å². The van der Waals surface area contributed by atoms with Gasteiger partial charge in [0.05, 0.1) is 27.9 Å². The fourth-order valence-corrected chi connectivity index (χ4v) is 7.63. The van der Waals surface area contributed by atoms with E-state index in [1.807, 2.05) is 18.3 Å². The molecule has 4 aromatic rings. The van der Waals surface area contributed by atoms with E-state index in [0.717, 1.165) is 35.4 Å². The normalized spacial score (nSPS) is 22.3. The van der Waals surface area contributed by atoms with Crippen LogP contribution in [0.1, 0.15) is 65.3 Å². The number of hydrogen-bond acceptors (Lipinski definition) is 4. The van der Waals surface area contributed by atoms with Gasteiger partial charge in [0.25, 0.3) is 0 Å². The molecule has 0 saturated heterocycles. The molecule has 0 spiro atoms. The lowest BCUT2D eigenvalue weighted by Gasteiger charge is -2.45. The number of rotatable bonds is 7. The Kier molecular flexibility index (Phi) is 6.74. The van der Waals surface area contributed by atoms with E-state index in [1.54, 1.807) is 46.5 Å². The Balaban J connectivity index is 1.26. The van der Waals surface area contributed by atoms with E-state index in [-0.39, 0.29) is 23.5 Å². The Bertz CT molecular complexity index is 1710. The van der Waals surface area contributed by atoms with Crippen LogP contribution in [-0.2, 0) is 17.4 Å². The summed E-state index contributed by atoms with van der Waals surface area (Å²) < 4.78 is 44.3. The van der Waals surface area contributed by atoms with Crippen molar-refractivity contribution in [3.8, 4) is 5.69 Å². The lowest BCUT2D eigenvalue weighted by atomic mass is 9.60. The van der Waals surface area contributed by atoms with Gasteiger partial charge in [0.15, 0.2) is 5.78 Å². The lowest BCUT2D eigenvalue weighted by Crippen LogP contribution is -2.48. The zero-order valence-electron chi connectivity index (χ0n) is 23.2. The molecule has 0 amide bonds. The molecular formula is C33H30F2N4O2S. The highest BCUT2D eigenvalue weighted by molar-refractivity contribution is 7.82. The van der Waals surface area contributed by atoms with E-state index in [4.69, 9.17) is 0 Å². The van der Waals surface area contributed by atoms with Crippen molar-refractivity contribution < 1.29 is 17.8 Å². The third-order valence-electron chi connectivity index (χ3n) is 9.00. The molecule has 0 radical (unpaired) electrons. The second kappa shape index (κ2) is 10.5. The van der Waals surface area contributed by atoms with Crippen LogP contribution in [-0.4, -0.2) is 42.2 Å². The lowest BCUT2D eigenvalue weighted by molar-refractivity contribution is 0.0749. The molecule has 2 aromatic heterocycles. The summed E-state index contributed by atoms with van der Waals surface area (Å²) in [5.41, 5.74) is 4.29. The molecule has 3 aliphatic rings. The number of hydrogen-bond donors (Lipinski definition) is 0. The van der Waals surface area contributed by atoms with Crippen molar-refractivity contribution in [3.05, 3.63) is 113 Å². The molecule has 0 N–H and O–H groups in total. The molecule has 2 saturated carbocycles. The van der Waals surface area contributed by atoms with Gasteiger partial charge in [-0.25, -0.2) is 22.0 Å². The summed E-state index contributed by atoms with van der Waals surface area (Å²) in [6.07, 6.45) is 10.3. The number of fused-ring (bicyclic) bond motifs is 2. The molecule has 9 heteroatoms. The van der Waals surface area contributed by atoms with Crippen molar-refractivity contribution in [3.63, 3.8) is 0 Å². The summed E-state index contributed by atoms with van der Waals surface area (Å²) in [6.45, 7) is 0. The topological polar surface area (TPSA) is 68.1 Å². The average molecular weight is 585 g/mol. The minimum absolute atomic E-state index is 0.0399. The van der Waals surface area contributed by atoms with Crippen LogP contribution >= 0.6 is 0 Å². The van der Waals surface area contributed by atoms with Crippen LogP contribution in [0.2, 0.25) is 0 Å². The van der Waals surface area contributed by atoms with Gasteiger partial charge in [-0.1, -0.05) is 11.6 Å². The first-order chi connectivity index (χ1) is 20.3. The Labute approximate surface area is 245 Å². The number of halogens is 2. The summed E-state index contributed by atoms with van der Waals surface area (Å²) >= 11 is 0. The summed E-state index contributed by atoms with van der Waals surface area (Å²) in [5, 5.41) is 4.62. The molecule has 0 aliphatic heterocycles. The third kappa shape index (κ3) is 4.74. The van der Waals surface area contributed by atoms with Crippen LogP contribution in [0.5, 0.6) is 0 Å². The van der Waals surface area contributed by atoms with Crippen molar-refractivity contribution in [2.45, 2.75) is 55.4 Å². The summed E-state index contributed by atoms with van der Waals surface area (Å²) in [7, 11) is 0.288. The van der Waals surface area contributed by atoms with Gasteiger partial charge in [-0.15, -0.1) is 0 Å². The number of carbonyl (C=O) groups is 1. The second-order valence-electron chi connectivity index (χ2n) is 11.6. The van der Waals surface area contributed by atoms with E-state index in [1.165, 1.54) is 29.8 Å². The maximum atomic E-state index is 14.5. The number of benzene rings is 2. The molecule has 3 aliphatic carbocycles. The second-order valence-corrected chi connectivity index (χ2v) is 13.1. The predicted octanol–water partition coefficient (Wildman–Crippen LogP) is 6.44. The van der Waals surface area contributed by atoms with Crippen molar-refractivity contribution in [2.75, 3.05) is 7.05 Å². The molecule has 7 rings (SSSR count). The summed E-state index contributed by atoms with van der Waals surface area (Å²) in [4.78, 5) is 19.7. The first kappa shape index (κ1) is 27.0. The monoisotopic (exact) mass is 584 g/mol. The third-order valence-corrected chi connectivity index (χ3v) is 10.5. The van der Waals surface area contributed by atoms with E-state index in [9.17, 15) is 17.8 Å². The molecule has 3 atom stereocenters. The highest BCUT2D eigenvalue weighted by Gasteiger charge is 2.50. The Hall–Kier alpha value is -3.82. The zero-order valence-corrected chi connectivity index (χ0v) is 24.0. The Morgan fingerprint density at radius 1 is 0.976 bits per heavy atom. The molecule has 2 fully saturated rings. The fraction of sp³-hybridized carbons (Fsp3) is 0.303. The average Bonchev–Trinajstić information content (AvgIpc) is 3.79. The molecule has 1 unspecified atom stereocenters. The smallest absolute Gasteiger partial charge is 0.191 e. The largest absolute Gasteiger partial charge is 0.291 e. The maximum absolute atomic E-state index is 14.5. The van der Waals surface area contributed by atoms with Gasteiger partial charge in [0, 0.05) is 19.3 Å². The molecule has 214 valence electrons. The van der Waals surface area contributed by atoms with Gasteiger partial charge in [-0.2, -0.15) is 5.10 Å². The highest BCUT2D eigenvalue weighted by Crippen LogP contribution is 2.51. The molecule has 2 aromatic carbocycles. The number of Topliss-reactive ketones (excluding diaryl/α,β-unsaturated/α-hetero) is 1. The van der Waals surface area contributed by atoms with Gasteiger partial charge in [-0.05, 0) is 116 Å². The Morgan fingerprint density at radius 3 is 2.36 bits per heavy atom. The Morgan fingerprint density at radius 2 is 1.69 bits per heavy atom. The number of pyridine rings is 1. The number of allylic oxidation sites excluding steroid dienone is 1. The van der Waals surface area contributed by atoms with Gasteiger partial charge in [0.2, 0.25) is 0 Å². The zero-order chi connectivity index (χ0) is 29.0. The predicted molar refractivity (Wildman–Crippen MR) is 156 cm³/mol. The molecule has 6 nitrogen and oxygen atoms in total. The van der Waals surface area contributed by atoms with E-state index < -0.39 is 16.4 Å². The van der Waals surface area contributed by atoms with Gasteiger partial charge in [-0.3, -0.25) is 9.78 Å². The standard InChI is InChI=1S/C33H30F2N4O2S/c1-38(42(41)29-13-8-26(35)9-14-29)28-10-5-24-16-31-23(20-37-39(31)27-11-6-25(34)7-12-27)17-33(24,18-28)32(40)30-15-4-22(19-36-30)21-2-3-21/h4,6-9,11-16,19-21,28H,2-3,5,10,17-18H2,1H3/t28-,33-,42?/m0/s1. The van der Waals surface area contributed by atoms with E-state index in [2.05, 4.69) is 16.2 Å². The van der Waals surface area contributed by atoms with Crippen LogP contribution in [0, 0.1) is 17.0 Å². The number of nitrogens with zero attached hydrogens (tertiary/aromatic N) is 4. The van der Waals surface area contributed by atoms with Crippen LogP contribution in [0.4, 0.5) is 8.78 Å². The number of ketones is 1. The number of carbonyl (C=O) groups excluding carboxylic acids is 1. The molecule has 42 heavy (non-hydrogen) atoms. The number of aromatic nitrogens is 3. The van der Waals surface area contributed by atoms with Crippen molar-refractivity contribution >= 4 is 22.8 Å². The minimum atomic E-state index is -1.52. The van der Waals surface area contributed by atoms with Crippen LogP contribution in [0.15, 0.2) is 83.5 Å². The van der Waals surface area contributed by atoms with Crippen molar-refractivity contribution in [2.24, 2.45) is 5.41 Å². The van der Waals surface area contributed by atoms with Crippen LogP contribution in [0.3, 0.4) is 0 Å².